The van der Waals surface area contributed by atoms with Crippen molar-refractivity contribution in [2.45, 2.75) is 26.7 Å². The van der Waals surface area contributed by atoms with E-state index in [1.54, 1.807) is 0 Å². The summed E-state index contributed by atoms with van der Waals surface area (Å²) in [5, 5.41) is 2.41. The molecule has 0 aliphatic carbocycles. The van der Waals surface area contributed by atoms with E-state index < -0.39 is 0 Å². The minimum absolute atomic E-state index is 0.926. The zero-order valence-electron chi connectivity index (χ0n) is 14.1. The van der Waals surface area contributed by atoms with Crippen LogP contribution in [0.3, 0.4) is 0 Å². The number of fused-ring (bicyclic) bond motifs is 2. The van der Waals surface area contributed by atoms with Gasteiger partial charge in [-0.1, -0.05) is 31.2 Å². The van der Waals surface area contributed by atoms with Crippen LogP contribution in [0.25, 0.3) is 21.8 Å². The fourth-order valence-electron chi connectivity index (χ4n) is 3.15. The molecule has 4 rings (SSSR count). The molecule has 0 unspecified atom stereocenters. The maximum Gasteiger partial charge on any atom is 0.0705 e. The predicted molar refractivity (Wildman–Crippen MR) is 100 cm³/mol. The molecule has 118 valence electrons. The molecular weight excluding hydrogens is 292 g/mol. The number of aryl methyl sites for hydroxylation is 2. The Morgan fingerprint density at radius 2 is 1.33 bits per heavy atom. The third-order valence-corrected chi connectivity index (χ3v) is 4.47. The van der Waals surface area contributed by atoms with Crippen molar-refractivity contribution in [2.75, 3.05) is 0 Å². The first-order valence-corrected chi connectivity index (χ1v) is 8.46. The van der Waals surface area contributed by atoms with Crippen LogP contribution in [-0.2, 0) is 12.8 Å². The second-order valence-electron chi connectivity index (χ2n) is 6.34. The lowest BCUT2D eigenvalue weighted by Gasteiger charge is -2.07. The Morgan fingerprint density at radius 3 is 2.00 bits per heavy atom. The molecule has 2 nitrogen and oxygen atoms in total. The van der Waals surface area contributed by atoms with Crippen molar-refractivity contribution >= 4 is 21.8 Å². The smallest absolute Gasteiger partial charge is 0.0705 e. The molecule has 2 aromatic carbocycles. The van der Waals surface area contributed by atoms with Crippen LogP contribution in [0.2, 0.25) is 0 Å². The molecule has 24 heavy (non-hydrogen) atoms. The second kappa shape index (κ2) is 6.04. The van der Waals surface area contributed by atoms with Crippen molar-refractivity contribution in [1.82, 2.24) is 9.97 Å². The van der Waals surface area contributed by atoms with E-state index >= 15 is 0 Å². The monoisotopic (exact) mass is 312 g/mol. The Bertz CT molecular complexity index is 1030. The van der Waals surface area contributed by atoms with Crippen molar-refractivity contribution in [3.05, 3.63) is 83.2 Å². The summed E-state index contributed by atoms with van der Waals surface area (Å²) in [5.74, 6) is 0. The van der Waals surface area contributed by atoms with E-state index in [0.29, 0.717) is 0 Å². The quantitative estimate of drug-likeness (QED) is 0.516. The average molecular weight is 312 g/mol. The van der Waals surface area contributed by atoms with Crippen LogP contribution in [0.1, 0.15) is 29.4 Å². The van der Waals surface area contributed by atoms with Crippen LogP contribution in [0.5, 0.6) is 0 Å². The van der Waals surface area contributed by atoms with Gasteiger partial charge in [-0.15, -0.1) is 0 Å². The molecule has 0 spiro atoms. The van der Waals surface area contributed by atoms with E-state index in [0.717, 1.165) is 35.3 Å². The first-order valence-electron chi connectivity index (χ1n) is 8.46. The van der Waals surface area contributed by atoms with Gasteiger partial charge in [-0.3, -0.25) is 9.97 Å². The molecule has 0 saturated heterocycles. The fourth-order valence-corrected chi connectivity index (χ4v) is 3.15. The molecule has 4 aromatic rings. The summed E-state index contributed by atoms with van der Waals surface area (Å²) in [4.78, 5) is 9.26. The summed E-state index contributed by atoms with van der Waals surface area (Å²) in [5.41, 5.74) is 6.97. The minimum atomic E-state index is 0.926. The Hall–Kier alpha value is -2.74. The van der Waals surface area contributed by atoms with Gasteiger partial charge in [0.05, 0.1) is 11.0 Å². The Kier molecular flexibility index (Phi) is 3.73. The molecule has 0 bridgehead atoms. The lowest BCUT2D eigenvalue weighted by Crippen LogP contribution is -1.92. The topological polar surface area (TPSA) is 25.8 Å². The first kappa shape index (κ1) is 14.8. The SMILES string of the molecule is CCc1ccc2cc(Cc3ccc4nc(C)ccc4c3)ccc2n1. The lowest BCUT2D eigenvalue weighted by molar-refractivity contribution is 1.06. The number of hydrogen-bond acceptors (Lipinski definition) is 2. The highest BCUT2D eigenvalue weighted by atomic mass is 14.7. The second-order valence-corrected chi connectivity index (χ2v) is 6.34. The Balaban J connectivity index is 1.67. The van der Waals surface area contributed by atoms with Crippen LogP contribution in [-0.4, -0.2) is 9.97 Å². The van der Waals surface area contributed by atoms with Gasteiger partial charge in [0.2, 0.25) is 0 Å². The van der Waals surface area contributed by atoms with E-state index in [1.807, 2.05) is 6.92 Å². The molecule has 2 heterocycles. The van der Waals surface area contributed by atoms with Gasteiger partial charge in [-0.25, -0.2) is 0 Å². The van der Waals surface area contributed by atoms with Gasteiger partial charge in [0.25, 0.3) is 0 Å². The van der Waals surface area contributed by atoms with Gasteiger partial charge in [0.1, 0.15) is 0 Å². The summed E-state index contributed by atoms with van der Waals surface area (Å²) in [6.07, 6.45) is 1.90. The summed E-state index contributed by atoms with van der Waals surface area (Å²) >= 11 is 0. The Morgan fingerprint density at radius 1 is 0.708 bits per heavy atom. The van der Waals surface area contributed by atoms with E-state index in [1.165, 1.54) is 21.9 Å². The van der Waals surface area contributed by atoms with Crippen molar-refractivity contribution < 1.29 is 0 Å². The number of nitrogens with zero attached hydrogens (tertiary/aromatic N) is 2. The zero-order chi connectivity index (χ0) is 16.5. The molecular formula is C22H20N2. The predicted octanol–water partition coefficient (Wildman–Crippen LogP) is 5.24. The summed E-state index contributed by atoms with van der Waals surface area (Å²) in [6, 6.07) is 21.6. The lowest BCUT2D eigenvalue weighted by atomic mass is 10.0. The normalized spacial score (nSPS) is 11.2. The summed E-state index contributed by atoms with van der Waals surface area (Å²) in [6.45, 7) is 4.17. The third-order valence-electron chi connectivity index (χ3n) is 4.47. The zero-order valence-corrected chi connectivity index (χ0v) is 14.1. The minimum Gasteiger partial charge on any atom is -0.253 e. The van der Waals surface area contributed by atoms with Crippen molar-refractivity contribution in [3.8, 4) is 0 Å². The maximum atomic E-state index is 4.68. The van der Waals surface area contributed by atoms with Crippen molar-refractivity contribution in [3.63, 3.8) is 0 Å². The van der Waals surface area contributed by atoms with Gasteiger partial charge in [0, 0.05) is 22.2 Å². The molecule has 0 aliphatic rings. The molecule has 0 fully saturated rings. The van der Waals surface area contributed by atoms with Gasteiger partial charge in [-0.2, -0.15) is 0 Å². The van der Waals surface area contributed by atoms with Crippen molar-refractivity contribution in [2.24, 2.45) is 0 Å². The van der Waals surface area contributed by atoms with Crippen LogP contribution in [0, 0.1) is 6.92 Å². The highest BCUT2D eigenvalue weighted by Gasteiger charge is 2.03. The van der Waals surface area contributed by atoms with E-state index in [4.69, 9.17) is 0 Å². The van der Waals surface area contributed by atoms with Crippen LogP contribution in [0.4, 0.5) is 0 Å². The molecule has 0 saturated carbocycles. The largest absolute Gasteiger partial charge is 0.253 e. The number of hydrogen-bond donors (Lipinski definition) is 0. The highest BCUT2D eigenvalue weighted by molar-refractivity contribution is 5.81. The number of rotatable bonds is 3. The van der Waals surface area contributed by atoms with Crippen LogP contribution >= 0.6 is 0 Å². The summed E-state index contributed by atoms with van der Waals surface area (Å²) in [7, 11) is 0. The molecule has 0 radical (unpaired) electrons. The van der Waals surface area contributed by atoms with Gasteiger partial charge in [0.15, 0.2) is 0 Å². The standard InChI is InChI=1S/C22H20N2/c1-3-20-9-8-19-14-17(6-11-22(19)24-20)12-16-5-10-21-18(13-16)7-4-15(2)23-21/h4-11,13-14H,3,12H2,1-2H3. The molecule has 0 aliphatic heterocycles. The number of pyridine rings is 2. The molecule has 0 amide bonds. The van der Waals surface area contributed by atoms with Crippen LogP contribution < -0.4 is 0 Å². The van der Waals surface area contributed by atoms with E-state index in [9.17, 15) is 0 Å². The van der Waals surface area contributed by atoms with E-state index in [-0.39, 0.29) is 0 Å². The highest BCUT2D eigenvalue weighted by Crippen LogP contribution is 2.20. The molecule has 2 heteroatoms. The number of aromatic nitrogens is 2. The Labute approximate surface area is 142 Å². The van der Waals surface area contributed by atoms with Gasteiger partial charge in [-0.05, 0) is 67.3 Å². The molecule has 0 atom stereocenters. The third kappa shape index (κ3) is 2.88. The van der Waals surface area contributed by atoms with Crippen molar-refractivity contribution in [1.29, 1.82) is 0 Å². The van der Waals surface area contributed by atoms with Gasteiger partial charge >= 0.3 is 0 Å². The molecule has 2 aromatic heterocycles. The van der Waals surface area contributed by atoms with Crippen LogP contribution in [0.15, 0.2) is 60.7 Å². The molecule has 0 N–H and O–H groups in total. The van der Waals surface area contributed by atoms with E-state index in [2.05, 4.69) is 77.6 Å². The summed E-state index contributed by atoms with van der Waals surface area (Å²) < 4.78 is 0. The first-order chi connectivity index (χ1) is 11.7. The maximum absolute atomic E-state index is 4.68. The van der Waals surface area contributed by atoms with Gasteiger partial charge < -0.3 is 0 Å². The fraction of sp³-hybridized carbons (Fsp3) is 0.182. The average Bonchev–Trinajstić information content (AvgIpc) is 2.61. The number of benzene rings is 2.